The number of carbonyl (C=O) groups is 2. The Labute approximate surface area is 199 Å². The molecule has 2 aromatic carbocycles. The Kier molecular flexibility index (Phi) is 10.2. The fourth-order valence-corrected chi connectivity index (χ4v) is 3.01. The molecule has 0 aliphatic rings. The summed E-state index contributed by atoms with van der Waals surface area (Å²) in [6.07, 6.45) is 3.87. The van der Waals surface area contributed by atoms with Gasteiger partial charge in [0.1, 0.15) is 5.75 Å². The number of benzene rings is 2. The number of hydrazine groups is 1. The van der Waals surface area contributed by atoms with Gasteiger partial charge in [-0.2, -0.15) is 0 Å². The molecule has 33 heavy (non-hydrogen) atoms. The van der Waals surface area contributed by atoms with Crippen LogP contribution in [0.5, 0.6) is 17.2 Å². The second-order valence-electron chi connectivity index (χ2n) is 7.08. The summed E-state index contributed by atoms with van der Waals surface area (Å²) in [6.45, 7) is 4.00. The van der Waals surface area contributed by atoms with Crippen molar-refractivity contribution in [3.05, 3.63) is 59.7 Å². The molecule has 8 nitrogen and oxygen atoms in total. The Morgan fingerprint density at radius 3 is 2.45 bits per heavy atom. The number of methoxy groups -OCH3 is 2. The molecule has 0 heterocycles. The van der Waals surface area contributed by atoms with Crippen molar-refractivity contribution in [3.8, 4) is 17.2 Å². The molecular weight excluding hydrogens is 442 g/mol. The van der Waals surface area contributed by atoms with E-state index in [1.807, 2.05) is 24.3 Å². The van der Waals surface area contributed by atoms with Crippen LogP contribution in [0.15, 0.2) is 48.5 Å². The third-order valence-electron chi connectivity index (χ3n) is 4.81. The van der Waals surface area contributed by atoms with Crippen LogP contribution in [0.25, 0.3) is 6.08 Å². The average molecular weight is 472 g/mol. The number of para-hydroxylation sites is 1. The van der Waals surface area contributed by atoms with Crippen LogP contribution < -0.4 is 30.4 Å². The lowest BCUT2D eigenvalue weighted by molar-refractivity contribution is -0.123. The molecule has 0 bridgehead atoms. The lowest BCUT2D eigenvalue weighted by Gasteiger charge is -2.16. The number of nitrogens with one attached hydrogen (secondary N) is 3. The van der Waals surface area contributed by atoms with E-state index >= 15 is 0 Å². The van der Waals surface area contributed by atoms with Gasteiger partial charge in [0.15, 0.2) is 23.2 Å². The zero-order chi connectivity index (χ0) is 24.2. The highest BCUT2D eigenvalue weighted by molar-refractivity contribution is 7.80. The largest absolute Gasteiger partial charge is 0.493 e. The first-order chi connectivity index (χ1) is 15.9. The molecule has 176 valence electrons. The number of rotatable bonds is 9. The molecule has 0 spiro atoms. The molecule has 2 amide bonds. The molecule has 1 unspecified atom stereocenters. The van der Waals surface area contributed by atoms with Gasteiger partial charge in [0.25, 0.3) is 5.91 Å². The maximum Gasteiger partial charge on any atom is 0.276 e. The summed E-state index contributed by atoms with van der Waals surface area (Å²) in [5, 5.41) is 2.39. The molecule has 0 aromatic heterocycles. The second kappa shape index (κ2) is 13.1. The fourth-order valence-electron chi connectivity index (χ4n) is 2.86. The smallest absolute Gasteiger partial charge is 0.276 e. The highest BCUT2D eigenvalue weighted by atomic mass is 32.1. The first kappa shape index (κ1) is 25.7. The van der Waals surface area contributed by atoms with Crippen LogP contribution in [0, 0.1) is 0 Å². The molecule has 9 heteroatoms. The van der Waals surface area contributed by atoms with Crippen molar-refractivity contribution < 1.29 is 23.8 Å². The zero-order valence-corrected chi connectivity index (χ0v) is 20.0. The molecule has 0 saturated heterocycles. The molecule has 1 atom stereocenters. The van der Waals surface area contributed by atoms with E-state index in [0.29, 0.717) is 23.2 Å². The van der Waals surface area contributed by atoms with Gasteiger partial charge in [0, 0.05) is 6.08 Å². The molecule has 2 rings (SSSR count). The van der Waals surface area contributed by atoms with E-state index in [-0.39, 0.29) is 11.7 Å². The summed E-state index contributed by atoms with van der Waals surface area (Å²) in [6, 6.07) is 12.9. The molecule has 0 saturated carbocycles. The van der Waals surface area contributed by atoms with Crippen molar-refractivity contribution in [2.45, 2.75) is 26.2 Å². The van der Waals surface area contributed by atoms with Crippen LogP contribution in [0.4, 0.5) is 0 Å². The van der Waals surface area contributed by atoms with E-state index in [1.54, 1.807) is 31.4 Å². The summed E-state index contributed by atoms with van der Waals surface area (Å²) in [5.74, 6) is 1.22. The average Bonchev–Trinajstić information content (AvgIpc) is 2.84. The summed E-state index contributed by atoms with van der Waals surface area (Å²) in [4.78, 5) is 24.1. The molecule has 2 aromatic rings. The molecule has 0 aliphatic carbocycles. The van der Waals surface area contributed by atoms with Crippen molar-refractivity contribution in [2.24, 2.45) is 0 Å². The van der Waals surface area contributed by atoms with Crippen LogP contribution in [0.2, 0.25) is 0 Å². The van der Waals surface area contributed by atoms with Gasteiger partial charge < -0.3 is 14.2 Å². The highest BCUT2D eigenvalue weighted by Gasteiger charge is 2.11. The van der Waals surface area contributed by atoms with Crippen LogP contribution in [-0.2, 0) is 9.59 Å². The third-order valence-corrected chi connectivity index (χ3v) is 5.01. The first-order valence-electron chi connectivity index (χ1n) is 10.4. The van der Waals surface area contributed by atoms with Crippen molar-refractivity contribution in [1.82, 2.24) is 16.2 Å². The molecular formula is C24H29N3O5S. The predicted molar refractivity (Wildman–Crippen MR) is 131 cm³/mol. The Hall–Kier alpha value is -3.59. The number of thiocarbonyl (C=S) groups is 1. The van der Waals surface area contributed by atoms with Gasteiger partial charge in [-0.1, -0.05) is 38.1 Å². The molecule has 0 fully saturated rings. The molecule has 3 N–H and O–H groups in total. The van der Waals surface area contributed by atoms with E-state index in [4.69, 9.17) is 26.4 Å². The van der Waals surface area contributed by atoms with Crippen LogP contribution >= 0.6 is 12.2 Å². The zero-order valence-electron chi connectivity index (χ0n) is 19.1. The summed E-state index contributed by atoms with van der Waals surface area (Å²) in [5.41, 5.74) is 6.66. The van der Waals surface area contributed by atoms with Gasteiger partial charge in [0.05, 0.1) is 14.2 Å². The molecule has 0 radical (unpaired) electrons. The quantitative estimate of drug-likeness (QED) is 0.293. The van der Waals surface area contributed by atoms with Gasteiger partial charge >= 0.3 is 0 Å². The van der Waals surface area contributed by atoms with Gasteiger partial charge in [-0.15, -0.1) is 0 Å². The monoisotopic (exact) mass is 471 g/mol. The predicted octanol–water partition coefficient (Wildman–Crippen LogP) is 3.33. The van der Waals surface area contributed by atoms with E-state index in [9.17, 15) is 9.59 Å². The maximum absolute atomic E-state index is 12.1. The van der Waals surface area contributed by atoms with E-state index in [2.05, 4.69) is 30.0 Å². The Bertz CT molecular complexity index is 1010. The van der Waals surface area contributed by atoms with Gasteiger partial charge in [-0.3, -0.25) is 25.8 Å². The fraction of sp³-hybridized carbons (Fsp3) is 0.292. The van der Waals surface area contributed by atoms with Crippen molar-refractivity contribution in [1.29, 1.82) is 0 Å². The van der Waals surface area contributed by atoms with Crippen LogP contribution in [0.1, 0.15) is 37.3 Å². The normalized spacial score (nSPS) is 11.4. The summed E-state index contributed by atoms with van der Waals surface area (Å²) < 4.78 is 16.1. The minimum atomic E-state index is -0.463. The van der Waals surface area contributed by atoms with Gasteiger partial charge in [-0.05, 0) is 60.0 Å². The van der Waals surface area contributed by atoms with Gasteiger partial charge in [-0.25, -0.2) is 0 Å². The van der Waals surface area contributed by atoms with Crippen LogP contribution in [-0.4, -0.2) is 37.8 Å². The Morgan fingerprint density at radius 2 is 1.76 bits per heavy atom. The van der Waals surface area contributed by atoms with E-state index < -0.39 is 11.8 Å². The lowest BCUT2D eigenvalue weighted by atomic mass is 9.98. The number of ether oxygens (including phenoxy) is 3. The van der Waals surface area contributed by atoms with Crippen molar-refractivity contribution >= 4 is 35.2 Å². The second-order valence-corrected chi connectivity index (χ2v) is 7.48. The number of carbonyl (C=O) groups excluding carboxylic acids is 2. The van der Waals surface area contributed by atoms with Crippen molar-refractivity contribution in [3.63, 3.8) is 0 Å². The molecule has 0 aliphatic heterocycles. The van der Waals surface area contributed by atoms with Crippen LogP contribution in [0.3, 0.4) is 0 Å². The standard InChI is InChI=1S/C24H29N3O5S/c1-5-16(2)18-8-6-7-9-19(18)32-15-23(29)26-27-24(33)25-22(28)13-11-17-10-12-20(30-3)21(14-17)31-4/h6-14,16H,5,15H2,1-4H3,(H,26,29)(H2,25,27,28,33)/b13-11+. The minimum Gasteiger partial charge on any atom is -0.493 e. The van der Waals surface area contributed by atoms with E-state index in [0.717, 1.165) is 17.5 Å². The summed E-state index contributed by atoms with van der Waals surface area (Å²) >= 11 is 5.03. The van der Waals surface area contributed by atoms with Crippen molar-refractivity contribution in [2.75, 3.05) is 20.8 Å². The number of hydrogen-bond donors (Lipinski definition) is 3. The SMILES string of the molecule is CCC(C)c1ccccc1OCC(=O)NNC(=S)NC(=O)/C=C/c1ccc(OC)c(OC)c1. The lowest BCUT2D eigenvalue weighted by Crippen LogP contribution is -2.49. The topological polar surface area (TPSA) is 97.9 Å². The third kappa shape index (κ3) is 8.12. The van der Waals surface area contributed by atoms with E-state index in [1.165, 1.54) is 13.2 Å². The Balaban J connectivity index is 1.79. The Morgan fingerprint density at radius 1 is 1.03 bits per heavy atom. The maximum atomic E-state index is 12.1. The minimum absolute atomic E-state index is 0.0506. The van der Waals surface area contributed by atoms with Gasteiger partial charge in [0.2, 0.25) is 5.91 Å². The number of amides is 2. The number of hydrogen-bond acceptors (Lipinski definition) is 6. The first-order valence-corrected chi connectivity index (χ1v) is 10.8. The highest BCUT2D eigenvalue weighted by Crippen LogP contribution is 2.29. The summed E-state index contributed by atoms with van der Waals surface area (Å²) in [7, 11) is 3.08.